The van der Waals surface area contributed by atoms with Crippen LogP contribution >= 0.6 is 0 Å². The number of hydrogen-bond donors (Lipinski definition) is 1. The van der Waals surface area contributed by atoms with Crippen LogP contribution in [0.3, 0.4) is 0 Å². The summed E-state index contributed by atoms with van der Waals surface area (Å²) < 4.78 is 30.2. The Hall–Kier alpha value is -2.60. The van der Waals surface area contributed by atoms with Crippen molar-refractivity contribution in [2.45, 2.75) is 5.75 Å². The van der Waals surface area contributed by atoms with E-state index in [1.807, 2.05) is 48.5 Å². The van der Waals surface area contributed by atoms with E-state index in [0.717, 1.165) is 22.2 Å². The highest BCUT2D eigenvalue weighted by atomic mass is 32.2. The normalized spacial score (nSPS) is 13.4. The largest absolute Gasteiger partial charge is 0.497 e. The maximum atomic E-state index is 11.5. The zero-order valence-corrected chi connectivity index (χ0v) is 14.3. The second-order valence-electron chi connectivity index (χ2n) is 5.59. The molecule has 1 atom stereocenters. The fourth-order valence-corrected chi connectivity index (χ4v) is 3.24. The van der Waals surface area contributed by atoms with Crippen LogP contribution in [0.25, 0.3) is 10.9 Å². The summed E-state index contributed by atoms with van der Waals surface area (Å²) in [6, 6.07) is 14.7. The van der Waals surface area contributed by atoms with Crippen LogP contribution in [-0.4, -0.2) is 22.6 Å². The molecule has 0 amide bonds. The van der Waals surface area contributed by atoms with Crippen LogP contribution in [-0.2, 0) is 15.5 Å². The number of fused-ring (bicyclic) bond motifs is 1. The van der Waals surface area contributed by atoms with Gasteiger partial charge in [0.2, 0.25) is 0 Å². The summed E-state index contributed by atoms with van der Waals surface area (Å²) >= 11 is 0. The van der Waals surface area contributed by atoms with Crippen LogP contribution in [0.15, 0.2) is 54.7 Å². The van der Waals surface area contributed by atoms with Gasteiger partial charge in [0.15, 0.2) is 0 Å². The summed E-state index contributed by atoms with van der Waals surface area (Å²) in [7, 11) is -0.926. The van der Waals surface area contributed by atoms with Crippen molar-refractivity contribution in [2.75, 3.05) is 13.4 Å². The van der Waals surface area contributed by atoms with Gasteiger partial charge in [-0.25, -0.2) is 4.21 Å². The Balaban J connectivity index is 1.87. The van der Waals surface area contributed by atoms with E-state index in [4.69, 9.17) is 14.3 Å². The molecule has 3 aromatic rings. The number of nitrogens with one attached hydrogen (secondary N) is 1. The SMILES string of the molecule is COc1ccc2c(Oc3ccc(CS(C)(=N)=O)cc3)ccnc2c1. The highest BCUT2D eigenvalue weighted by Gasteiger charge is 2.07. The Labute approximate surface area is 141 Å². The third-order valence-electron chi connectivity index (χ3n) is 3.50. The van der Waals surface area contributed by atoms with Gasteiger partial charge in [-0.2, -0.15) is 0 Å². The number of methoxy groups -OCH3 is 1. The summed E-state index contributed by atoms with van der Waals surface area (Å²) in [5, 5.41) is 0.894. The van der Waals surface area contributed by atoms with Crippen molar-refractivity contribution < 1.29 is 13.7 Å². The quantitative estimate of drug-likeness (QED) is 0.754. The topological polar surface area (TPSA) is 72.3 Å². The molecule has 0 aliphatic heterocycles. The number of hydrogen-bond acceptors (Lipinski definition) is 5. The molecule has 0 spiro atoms. The van der Waals surface area contributed by atoms with Gasteiger partial charge < -0.3 is 9.47 Å². The van der Waals surface area contributed by atoms with Crippen molar-refractivity contribution in [3.05, 3.63) is 60.3 Å². The lowest BCUT2D eigenvalue weighted by atomic mass is 10.2. The summed E-state index contributed by atoms with van der Waals surface area (Å²) in [4.78, 5) is 4.33. The summed E-state index contributed by atoms with van der Waals surface area (Å²) in [6.45, 7) is 0. The molecule has 0 saturated carbocycles. The van der Waals surface area contributed by atoms with Crippen molar-refractivity contribution in [1.29, 1.82) is 4.78 Å². The van der Waals surface area contributed by atoms with Gasteiger partial charge in [0.1, 0.15) is 17.2 Å². The summed E-state index contributed by atoms with van der Waals surface area (Å²) in [5.41, 5.74) is 1.65. The molecule has 1 aromatic heterocycles. The number of pyridine rings is 1. The average Bonchev–Trinajstić information content (AvgIpc) is 2.55. The first kappa shape index (κ1) is 16.3. The van der Waals surface area contributed by atoms with Crippen LogP contribution in [0.2, 0.25) is 0 Å². The fraction of sp³-hybridized carbons (Fsp3) is 0.167. The van der Waals surface area contributed by atoms with E-state index in [0.29, 0.717) is 11.5 Å². The Bertz CT molecular complexity index is 967. The summed E-state index contributed by atoms with van der Waals surface area (Å²) in [6.07, 6.45) is 3.13. The molecule has 5 nitrogen and oxygen atoms in total. The van der Waals surface area contributed by atoms with E-state index >= 15 is 0 Å². The van der Waals surface area contributed by atoms with Crippen molar-refractivity contribution in [2.24, 2.45) is 0 Å². The number of aromatic nitrogens is 1. The molecule has 0 saturated heterocycles. The Morgan fingerprint density at radius 3 is 2.46 bits per heavy atom. The third-order valence-corrected chi connectivity index (χ3v) is 4.39. The lowest BCUT2D eigenvalue weighted by molar-refractivity contribution is 0.415. The van der Waals surface area contributed by atoms with Crippen molar-refractivity contribution >= 4 is 20.6 Å². The maximum absolute atomic E-state index is 11.5. The van der Waals surface area contributed by atoms with Crippen molar-refractivity contribution in [3.8, 4) is 17.2 Å². The highest BCUT2D eigenvalue weighted by molar-refractivity contribution is 7.90. The number of benzene rings is 2. The number of nitrogens with zero attached hydrogens (tertiary/aromatic N) is 1. The molecule has 0 bridgehead atoms. The van der Waals surface area contributed by atoms with E-state index in [1.54, 1.807) is 13.3 Å². The molecule has 2 aromatic carbocycles. The smallest absolute Gasteiger partial charge is 0.138 e. The molecular formula is C18H18N2O3S. The highest BCUT2D eigenvalue weighted by Crippen LogP contribution is 2.30. The lowest BCUT2D eigenvalue weighted by Crippen LogP contribution is -1.98. The minimum absolute atomic E-state index is 0.241. The van der Waals surface area contributed by atoms with E-state index in [-0.39, 0.29) is 5.75 Å². The van der Waals surface area contributed by atoms with Crippen LogP contribution in [0.4, 0.5) is 0 Å². The first-order valence-electron chi connectivity index (χ1n) is 7.36. The molecule has 0 radical (unpaired) electrons. The van der Waals surface area contributed by atoms with Gasteiger partial charge in [-0.05, 0) is 35.9 Å². The van der Waals surface area contributed by atoms with Gasteiger partial charge >= 0.3 is 0 Å². The Morgan fingerprint density at radius 2 is 1.79 bits per heavy atom. The lowest BCUT2D eigenvalue weighted by Gasteiger charge is -2.10. The second kappa shape index (κ2) is 6.49. The fourth-order valence-electron chi connectivity index (χ4n) is 2.42. The molecule has 124 valence electrons. The number of ether oxygens (including phenoxy) is 2. The third kappa shape index (κ3) is 3.83. The van der Waals surface area contributed by atoms with Gasteiger partial charge in [0.05, 0.1) is 18.4 Å². The Kier molecular flexibility index (Phi) is 4.40. The van der Waals surface area contributed by atoms with E-state index in [1.165, 1.54) is 6.26 Å². The van der Waals surface area contributed by atoms with Gasteiger partial charge in [0.25, 0.3) is 0 Å². The predicted molar refractivity (Wildman–Crippen MR) is 95.3 cm³/mol. The van der Waals surface area contributed by atoms with Gasteiger partial charge in [-0.3, -0.25) is 9.76 Å². The molecule has 1 unspecified atom stereocenters. The minimum Gasteiger partial charge on any atom is -0.497 e. The van der Waals surface area contributed by atoms with Crippen LogP contribution < -0.4 is 9.47 Å². The number of rotatable bonds is 5. The Morgan fingerprint density at radius 1 is 1.08 bits per heavy atom. The molecule has 0 aliphatic carbocycles. The first-order valence-corrected chi connectivity index (χ1v) is 9.49. The monoisotopic (exact) mass is 342 g/mol. The molecular weight excluding hydrogens is 324 g/mol. The molecule has 24 heavy (non-hydrogen) atoms. The summed E-state index contributed by atoms with van der Waals surface area (Å²) in [5.74, 6) is 2.37. The molecule has 6 heteroatoms. The van der Waals surface area contributed by atoms with E-state index in [9.17, 15) is 4.21 Å². The van der Waals surface area contributed by atoms with Crippen molar-refractivity contribution in [1.82, 2.24) is 4.98 Å². The molecule has 1 N–H and O–H groups in total. The van der Waals surface area contributed by atoms with Gasteiger partial charge in [0, 0.05) is 33.6 Å². The molecule has 0 aliphatic rings. The predicted octanol–water partition coefficient (Wildman–Crippen LogP) is 4.21. The van der Waals surface area contributed by atoms with Gasteiger partial charge in [-0.15, -0.1) is 0 Å². The first-order chi connectivity index (χ1) is 11.4. The van der Waals surface area contributed by atoms with E-state index in [2.05, 4.69) is 4.98 Å². The van der Waals surface area contributed by atoms with Crippen molar-refractivity contribution in [3.63, 3.8) is 0 Å². The average molecular weight is 342 g/mol. The van der Waals surface area contributed by atoms with Crippen LogP contribution in [0.5, 0.6) is 17.2 Å². The zero-order chi connectivity index (χ0) is 17.2. The maximum Gasteiger partial charge on any atom is 0.138 e. The molecule has 1 heterocycles. The molecule has 0 fully saturated rings. The van der Waals surface area contributed by atoms with Crippen LogP contribution in [0, 0.1) is 4.78 Å². The minimum atomic E-state index is -2.55. The van der Waals surface area contributed by atoms with E-state index < -0.39 is 9.73 Å². The van der Waals surface area contributed by atoms with Crippen LogP contribution in [0.1, 0.15) is 5.56 Å². The van der Waals surface area contributed by atoms with Gasteiger partial charge in [-0.1, -0.05) is 12.1 Å². The molecule has 3 rings (SSSR count). The second-order valence-corrected chi connectivity index (χ2v) is 7.89. The standard InChI is InChI=1S/C18H18N2O3S/c1-22-15-7-8-16-17(11-15)20-10-9-18(16)23-14-5-3-13(4-6-14)12-24(2,19)21/h3-11,19H,12H2,1-2H3. The zero-order valence-electron chi connectivity index (χ0n) is 13.5.